The summed E-state index contributed by atoms with van der Waals surface area (Å²) in [5.41, 5.74) is 2.09. The van der Waals surface area contributed by atoms with E-state index in [1.165, 1.54) is 11.8 Å². The lowest BCUT2D eigenvalue weighted by Gasteiger charge is -2.15. The third kappa shape index (κ3) is 3.93. The lowest BCUT2D eigenvalue weighted by atomic mass is 10.2. The number of furan rings is 1. The van der Waals surface area contributed by atoms with Crippen molar-refractivity contribution in [2.75, 3.05) is 18.8 Å². The van der Waals surface area contributed by atoms with Crippen LogP contribution >= 0.6 is 11.8 Å². The summed E-state index contributed by atoms with van der Waals surface area (Å²) in [5, 5.41) is 9.52. The molecule has 0 N–H and O–H groups in total. The fourth-order valence-electron chi connectivity index (χ4n) is 3.30. The van der Waals surface area contributed by atoms with Gasteiger partial charge in [0.25, 0.3) is 0 Å². The number of aromatic nitrogens is 3. The van der Waals surface area contributed by atoms with Gasteiger partial charge in [0, 0.05) is 13.1 Å². The van der Waals surface area contributed by atoms with E-state index in [1.807, 2.05) is 36.1 Å². The quantitative estimate of drug-likeness (QED) is 0.610. The van der Waals surface area contributed by atoms with E-state index in [9.17, 15) is 4.79 Å². The molecule has 4 rings (SSSR count). The Morgan fingerprint density at radius 2 is 1.93 bits per heavy atom. The summed E-state index contributed by atoms with van der Waals surface area (Å²) >= 11 is 1.45. The molecular weight excluding hydrogens is 360 g/mol. The molecular formula is C20H22N4O2S. The summed E-state index contributed by atoms with van der Waals surface area (Å²) in [6.07, 6.45) is 3.87. The van der Waals surface area contributed by atoms with Crippen molar-refractivity contribution in [2.45, 2.75) is 31.5 Å². The normalized spacial score (nSPS) is 14.0. The smallest absolute Gasteiger partial charge is 0.233 e. The third-order valence-corrected chi connectivity index (χ3v) is 5.74. The molecule has 0 aliphatic carbocycles. The van der Waals surface area contributed by atoms with E-state index in [-0.39, 0.29) is 5.91 Å². The molecule has 0 unspecified atom stereocenters. The monoisotopic (exact) mass is 382 g/mol. The summed E-state index contributed by atoms with van der Waals surface area (Å²) in [5.74, 6) is 2.13. The zero-order valence-electron chi connectivity index (χ0n) is 15.3. The molecule has 27 heavy (non-hydrogen) atoms. The summed E-state index contributed by atoms with van der Waals surface area (Å²) in [4.78, 5) is 14.3. The van der Waals surface area contributed by atoms with Crippen LogP contribution in [0.1, 0.15) is 24.2 Å². The van der Waals surface area contributed by atoms with Crippen molar-refractivity contribution >= 4 is 17.7 Å². The van der Waals surface area contributed by atoms with E-state index in [0.29, 0.717) is 12.3 Å². The molecule has 0 bridgehead atoms. The molecule has 0 spiro atoms. The minimum Gasteiger partial charge on any atom is -0.469 e. The predicted octanol–water partition coefficient (Wildman–Crippen LogP) is 3.61. The van der Waals surface area contributed by atoms with Crippen LogP contribution in [0.5, 0.6) is 0 Å². The maximum absolute atomic E-state index is 12.4. The highest BCUT2D eigenvalue weighted by molar-refractivity contribution is 7.99. The van der Waals surface area contributed by atoms with Crippen molar-refractivity contribution in [2.24, 2.45) is 0 Å². The Hall–Kier alpha value is -2.54. The molecule has 6 nitrogen and oxygen atoms in total. The standard InChI is InChI=1S/C20H22N4O2S/c1-15-17(9-12-26-15)19-21-22-20(24(19)13-16-7-3-2-4-8-16)27-14-18(25)23-10-5-6-11-23/h2-4,7-9,12H,5-6,10-11,13-14H2,1H3. The number of rotatable bonds is 6. The van der Waals surface area contributed by atoms with Crippen molar-refractivity contribution in [3.63, 3.8) is 0 Å². The largest absolute Gasteiger partial charge is 0.469 e. The van der Waals surface area contributed by atoms with Crippen LogP contribution in [0, 0.1) is 6.92 Å². The molecule has 3 aromatic rings. The van der Waals surface area contributed by atoms with E-state index >= 15 is 0 Å². The Labute approximate surface area is 162 Å². The van der Waals surface area contributed by atoms with Gasteiger partial charge in [0.05, 0.1) is 24.1 Å². The predicted molar refractivity (Wildman–Crippen MR) is 105 cm³/mol. The highest BCUT2D eigenvalue weighted by atomic mass is 32.2. The first-order valence-corrected chi connectivity index (χ1v) is 10.1. The summed E-state index contributed by atoms with van der Waals surface area (Å²) in [6, 6.07) is 12.1. The number of carbonyl (C=O) groups excluding carboxylic acids is 1. The lowest BCUT2D eigenvalue weighted by molar-refractivity contribution is -0.127. The zero-order valence-corrected chi connectivity index (χ0v) is 16.1. The fraction of sp³-hybridized carbons (Fsp3) is 0.350. The minimum atomic E-state index is 0.174. The van der Waals surface area contributed by atoms with Crippen LogP contribution in [0.15, 0.2) is 52.2 Å². The highest BCUT2D eigenvalue weighted by Crippen LogP contribution is 2.28. The van der Waals surface area contributed by atoms with Gasteiger partial charge in [-0.3, -0.25) is 9.36 Å². The maximum Gasteiger partial charge on any atom is 0.233 e. The molecule has 0 atom stereocenters. The topological polar surface area (TPSA) is 64.2 Å². The average molecular weight is 382 g/mol. The van der Waals surface area contributed by atoms with Gasteiger partial charge >= 0.3 is 0 Å². The Bertz CT molecular complexity index is 913. The Morgan fingerprint density at radius 1 is 1.15 bits per heavy atom. The third-order valence-electron chi connectivity index (χ3n) is 4.78. The number of aryl methyl sites for hydroxylation is 1. The number of thioether (sulfide) groups is 1. The molecule has 1 aliphatic rings. The van der Waals surface area contributed by atoms with Gasteiger partial charge in [-0.1, -0.05) is 42.1 Å². The van der Waals surface area contributed by atoms with Gasteiger partial charge in [-0.05, 0) is 31.4 Å². The molecule has 1 saturated heterocycles. The fourth-order valence-corrected chi connectivity index (χ4v) is 4.14. The second-order valence-corrected chi connectivity index (χ2v) is 7.59. The number of carbonyl (C=O) groups is 1. The second-order valence-electron chi connectivity index (χ2n) is 6.64. The van der Waals surface area contributed by atoms with E-state index in [2.05, 4.69) is 26.9 Å². The van der Waals surface area contributed by atoms with Gasteiger partial charge in [-0.2, -0.15) is 0 Å². The molecule has 3 heterocycles. The molecule has 1 aliphatic heterocycles. The first-order valence-electron chi connectivity index (χ1n) is 9.14. The van der Waals surface area contributed by atoms with E-state index in [0.717, 1.165) is 53.8 Å². The summed E-state index contributed by atoms with van der Waals surface area (Å²) in [6.45, 7) is 4.31. The first kappa shape index (κ1) is 17.9. The average Bonchev–Trinajstić information content (AvgIpc) is 3.42. The second kappa shape index (κ2) is 8.00. The number of nitrogens with zero attached hydrogens (tertiary/aromatic N) is 4. The van der Waals surface area contributed by atoms with Gasteiger partial charge in [0.2, 0.25) is 5.91 Å². The van der Waals surface area contributed by atoms with Gasteiger partial charge < -0.3 is 9.32 Å². The van der Waals surface area contributed by atoms with E-state index in [1.54, 1.807) is 6.26 Å². The summed E-state index contributed by atoms with van der Waals surface area (Å²) in [7, 11) is 0. The van der Waals surface area contributed by atoms with Gasteiger partial charge in [0.15, 0.2) is 11.0 Å². The van der Waals surface area contributed by atoms with Crippen molar-refractivity contribution in [1.82, 2.24) is 19.7 Å². The van der Waals surface area contributed by atoms with Crippen LogP contribution < -0.4 is 0 Å². The van der Waals surface area contributed by atoms with E-state index in [4.69, 9.17) is 4.42 Å². The number of likely N-dealkylation sites (tertiary alicyclic amines) is 1. The number of hydrogen-bond donors (Lipinski definition) is 0. The Morgan fingerprint density at radius 3 is 2.63 bits per heavy atom. The van der Waals surface area contributed by atoms with Crippen LogP contribution in [-0.4, -0.2) is 44.4 Å². The number of hydrogen-bond acceptors (Lipinski definition) is 5. The lowest BCUT2D eigenvalue weighted by Crippen LogP contribution is -2.29. The van der Waals surface area contributed by atoms with Crippen LogP contribution in [0.2, 0.25) is 0 Å². The molecule has 7 heteroatoms. The van der Waals surface area contributed by atoms with Crippen molar-refractivity contribution in [3.05, 3.63) is 54.0 Å². The molecule has 2 aromatic heterocycles. The van der Waals surface area contributed by atoms with Crippen LogP contribution in [-0.2, 0) is 11.3 Å². The van der Waals surface area contributed by atoms with E-state index < -0.39 is 0 Å². The molecule has 140 valence electrons. The van der Waals surface area contributed by atoms with Gasteiger partial charge in [-0.25, -0.2) is 0 Å². The minimum absolute atomic E-state index is 0.174. The molecule has 1 aromatic carbocycles. The highest BCUT2D eigenvalue weighted by Gasteiger charge is 2.21. The Kier molecular flexibility index (Phi) is 5.29. The zero-order chi connectivity index (χ0) is 18.6. The van der Waals surface area contributed by atoms with Gasteiger partial charge in [-0.15, -0.1) is 10.2 Å². The molecule has 1 fully saturated rings. The number of amides is 1. The molecule has 1 amide bonds. The Balaban J connectivity index is 1.59. The molecule has 0 saturated carbocycles. The number of benzene rings is 1. The van der Waals surface area contributed by atoms with Crippen LogP contribution in [0.3, 0.4) is 0 Å². The van der Waals surface area contributed by atoms with Crippen molar-refractivity contribution in [3.8, 4) is 11.4 Å². The van der Waals surface area contributed by atoms with Crippen molar-refractivity contribution in [1.29, 1.82) is 0 Å². The van der Waals surface area contributed by atoms with Gasteiger partial charge in [0.1, 0.15) is 5.76 Å². The molecule has 0 radical (unpaired) electrons. The maximum atomic E-state index is 12.4. The SMILES string of the molecule is Cc1occc1-c1nnc(SCC(=O)N2CCCC2)n1Cc1ccccc1. The van der Waals surface area contributed by atoms with Crippen molar-refractivity contribution < 1.29 is 9.21 Å². The summed E-state index contributed by atoms with van der Waals surface area (Å²) < 4.78 is 7.51. The first-order chi connectivity index (χ1) is 13.2. The van der Waals surface area contributed by atoms with Crippen LogP contribution in [0.25, 0.3) is 11.4 Å². The van der Waals surface area contributed by atoms with Crippen LogP contribution in [0.4, 0.5) is 0 Å².